The zero-order chi connectivity index (χ0) is 26.2. The molecule has 2 aromatic heterocycles. The number of likely N-dealkylation sites (tertiary alicyclic amines) is 1. The molecule has 5 rings (SSSR count). The molecule has 1 aromatic carbocycles. The van der Waals surface area contributed by atoms with Crippen molar-refractivity contribution in [2.45, 2.75) is 51.8 Å². The number of hydrogen-bond acceptors (Lipinski definition) is 9. The molecule has 1 saturated heterocycles. The second kappa shape index (κ2) is 9.85. The maximum atomic E-state index is 12.2. The first-order chi connectivity index (χ1) is 17.7. The van der Waals surface area contributed by atoms with Crippen LogP contribution < -0.4 is 10.1 Å². The van der Waals surface area contributed by atoms with Crippen molar-refractivity contribution in [3.63, 3.8) is 0 Å². The van der Waals surface area contributed by atoms with E-state index in [9.17, 15) is 9.90 Å². The van der Waals surface area contributed by atoms with Crippen molar-refractivity contribution < 1.29 is 23.8 Å². The van der Waals surface area contributed by atoms with Crippen LogP contribution in [0.2, 0.25) is 0 Å². The van der Waals surface area contributed by atoms with Gasteiger partial charge in [0.1, 0.15) is 22.6 Å². The van der Waals surface area contributed by atoms with Crippen LogP contribution in [0.1, 0.15) is 50.5 Å². The van der Waals surface area contributed by atoms with Crippen molar-refractivity contribution in [1.82, 2.24) is 15.2 Å². The van der Waals surface area contributed by atoms with Crippen LogP contribution in [0.3, 0.4) is 0 Å². The Morgan fingerprint density at radius 3 is 2.92 bits per heavy atom. The Kier molecular flexibility index (Phi) is 6.59. The van der Waals surface area contributed by atoms with Crippen molar-refractivity contribution in [3.8, 4) is 11.5 Å². The molecule has 0 unspecified atom stereocenters. The second-order valence-electron chi connectivity index (χ2n) is 10.2. The van der Waals surface area contributed by atoms with Gasteiger partial charge in [0.2, 0.25) is 0 Å². The number of amides is 1. The molecule has 37 heavy (non-hydrogen) atoms. The van der Waals surface area contributed by atoms with Gasteiger partial charge in [0.05, 0.1) is 18.1 Å². The van der Waals surface area contributed by atoms with Gasteiger partial charge in [0, 0.05) is 37.0 Å². The highest BCUT2D eigenvalue weighted by Crippen LogP contribution is 2.42. The Balaban J connectivity index is 1.41. The number of aromatic hydroxyl groups is 1. The third-order valence-electron chi connectivity index (χ3n) is 6.46. The molecule has 2 aliphatic rings. The summed E-state index contributed by atoms with van der Waals surface area (Å²) in [6.07, 6.45) is 4.87. The number of azo groups is 1. The highest BCUT2D eigenvalue weighted by atomic mass is 16.6. The number of benzene rings is 1. The highest BCUT2D eigenvalue weighted by Gasteiger charge is 2.29. The maximum absolute atomic E-state index is 12.2. The Bertz CT molecular complexity index is 1390. The molecule has 2 aliphatic heterocycles. The first-order valence-corrected chi connectivity index (χ1v) is 12.3. The largest absolute Gasteiger partial charge is 0.504 e. The van der Waals surface area contributed by atoms with E-state index < -0.39 is 11.7 Å². The summed E-state index contributed by atoms with van der Waals surface area (Å²) >= 11 is 0. The molecular formula is C27H31N5O5. The molecule has 4 heterocycles. The second-order valence-corrected chi connectivity index (χ2v) is 10.2. The zero-order valence-electron chi connectivity index (χ0n) is 21.4. The van der Waals surface area contributed by atoms with E-state index >= 15 is 0 Å². The first-order valence-electron chi connectivity index (χ1n) is 12.3. The van der Waals surface area contributed by atoms with E-state index in [1.165, 1.54) is 0 Å². The summed E-state index contributed by atoms with van der Waals surface area (Å²) in [6, 6.07) is 7.45. The number of carbonyl (C=O) groups is 1. The van der Waals surface area contributed by atoms with Crippen LogP contribution in [0.15, 0.2) is 45.1 Å². The van der Waals surface area contributed by atoms with Crippen LogP contribution in [-0.4, -0.2) is 52.9 Å². The van der Waals surface area contributed by atoms with Crippen molar-refractivity contribution in [1.29, 1.82) is 0 Å². The SMILES string of the molecule is COc1ccc2c(O)c(C=C3N=Nc4ncccc43)oc2c1CN1CCC[C@@H]1CNC(=O)OC(C)(C)C. The molecule has 0 radical (unpaired) electrons. The minimum absolute atomic E-state index is 0.0310. The van der Waals surface area contributed by atoms with Crippen molar-refractivity contribution in [3.05, 3.63) is 47.3 Å². The van der Waals surface area contributed by atoms with E-state index in [4.69, 9.17) is 13.9 Å². The lowest BCUT2D eigenvalue weighted by atomic mass is 10.1. The van der Waals surface area contributed by atoms with Crippen LogP contribution in [0.4, 0.5) is 10.6 Å². The van der Waals surface area contributed by atoms with Gasteiger partial charge in [0.15, 0.2) is 17.3 Å². The van der Waals surface area contributed by atoms with Crippen molar-refractivity contribution in [2.24, 2.45) is 10.2 Å². The number of methoxy groups -OCH3 is 1. The van der Waals surface area contributed by atoms with E-state index in [0.717, 1.165) is 30.5 Å². The smallest absolute Gasteiger partial charge is 0.407 e. The fourth-order valence-electron chi connectivity index (χ4n) is 4.76. The van der Waals surface area contributed by atoms with Crippen LogP contribution in [0.5, 0.6) is 11.5 Å². The van der Waals surface area contributed by atoms with Gasteiger partial charge in [-0.05, 0) is 64.4 Å². The van der Waals surface area contributed by atoms with E-state index in [-0.39, 0.29) is 11.8 Å². The van der Waals surface area contributed by atoms with Crippen LogP contribution in [0, 0.1) is 0 Å². The number of carbonyl (C=O) groups excluding carboxylic acids is 1. The van der Waals surface area contributed by atoms with E-state index in [2.05, 4.69) is 25.4 Å². The summed E-state index contributed by atoms with van der Waals surface area (Å²) in [5.41, 5.74) is 2.18. The lowest BCUT2D eigenvalue weighted by Gasteiger charge is -2.26. The molecule has 0 saturated carbocycles. The Hall–Kier alpha value is -3.92. The summed E-state index contributed by atoms with van der Waals surface area (Å²) in [5, 5.41) is 22.8. The van der Waals surface area contributed by atoms with E-state index in [1.807, 2.05) is 39.0 Å². The van der Waals surface area contributed by atoms with Gasteiger partial charge in [-0.15, -0.1) is 10.2 Å². The molecule has 3 aromatic rings. The summed E-state index contributed by atoms with van der Waals surface area (Å²) in [4.78, 5) is 18.7. The highest BCUT2D eigenvalue weighted by molar-refractivity contribution is 5.94. The van der Waals surface area contributed by atoms with Crippen molar-refractivity contribution >= 4 is 34.7 Å². The minimum atomic E-state index is -0.546. The summed E-state index contributed by atoms with van der Waals surface area (Å²) in [7, 11) is 1.62. The molecule has 10 heteroatoms. The first kappa shape index (κ1) is 24.8. The molecule has 0 bridgehead atoms. The topological polar surface area (TPSA) is 122 Å². The van der Waals surface area contributed by atoms with Gasteiger partial charge < -0.3 is 24.3 Å². The summed E-state index contributed by atoms with van der Waals surface area (Å²) in [6.45, 7) is 7.41. The van der Waals surface area contributed by atoms with Crippen LogP contribution in [0.25, 0.3) is 22.7 Å². The number of pyridine rings is 1. The molecule has 1 amide bonds. The maximum Gasteiger partial charge on any atom is 0.407 e. The molecule has 0 spiro atoms. The fourth-order valence-corrected chi connectivity index (χ4v) is 4.76. The number of ether oxygens (including phenoxy) is 2. The lowest BCUT2D eigenvalue weighted by Crippen LogP contribution is -2.41. The third kappa shape index (κ3) is 5.15. The zero-order valence-corrected chi connectivity index (χ0v) is 21.4. The summed E-state index contributed by atoms with van der Waals surface area (Å²) in [5.74, 6) is 1.52. The van der Waals surface area contributed by atoms with Gasteiger partial charge in [0.25, 0.3) is 0 Å². The fraction of sp³-hybridized carbons (Fsp3) is 0.407. The average molecular weight is 506 g/mol. The number of aromatic nitrogens is 1. The molecule has 2 N–H and O–H groups in total. The van der Waals surface area contributed by atoms with E-state index in [1.54, 1.807) is 25.4 Å². The van der Waals surface area contributed by atoms with Crippen molar-refractivity contribution in [2.75, 3.05) is 20.2 Å². The van der Waals surface area contributed by atoms with Gasteiger partial charge in [-0.25, -0.2) is 9.78 Å². The summed E-state index contributed by atoms with van der Waals surface area (Å²) < 4.78 is 17.3. The van der Waals surface area contributed by atoms with Gasteiger partial charge in [-0.3, -0.25) is 4.90 Å². The molecule has 1 fully saturated rings. The average Bonchev–Trinajstić information content (AvgIpc) is 3.56. The number of alkyl carbamates (subject to hydrolysis) is 1. The van der Waals surface area contributed by atoms with Gasteiger partial charge in [-0.1, -0.05) is 0 Å². The Morgan fingerprint density at radius 2 is 2.14 bits per heavy atom. The number of rotatable bonds is 6. The predicted molar refractivity (Wildman–Crippen MR) is 139 cm³/mol. The number of furan rings is 1. The Morgan fingerprint density at radius 1 is 1.30 bits per heavy atom. The predicted octanol–water partition coefficient (Wildman–Crippen LogP) is 5.63. The third-order valence-corrected chi connectivity index (χ3v) is 6.46. The number of fused-ring (bicyclic) bond motifs is 2. The molecule has 194 valence electrons. The lowest BCUT2D eigenvalue weighted by molar-refractivity contribution is 0.0512. The van der Waals surface area contributed by atoms with Crippen LogP contribution >= 0.6 is 0 Å². The normalized spacial score (nSPS) is 18.5. The number of nitrogens with one attached hydrogen (secondary N) is 1. The van der Waals surface area contributed by atoms with Gasteiger partial charge >= 0.3 is 6.09 Å². The molecule has 0 aliphatic carbocycles. The van der Waals surface area contributed by atoms with Crippen LogP contribution in [-0.2, 0) is 11.3 Å². The number of hydrogen-bond donors (Lipinski definition) is 2. The minimum Gasteiger partial charge on any atom is -0.504 e. The Labute approximate surface area is 215 Å². The van der Waals surface area contributed by atoms with E-state index in [0.29, 0.717) is 47.1 Å². The molecule has 1 atom stereocenters. The standard InChI is InChI=1S/C27H31N5O5/c1-27(2,3)37-26(34)29-14-16-7-6-12-32(16)15-19-21(35-4)10-9-18-23(33)22(36-24(18)19)13-20-17-8-5-11-28-25(17)31-30-20/h5,8-11,13,16,33H,6-7,12,14-15H2,1-4H3,(H,29,34)/t16-/m1/s1. The molecule has 10 nitrogen and oxygen atoms in total. The molecular weight excluding hydrogens is 474 g/mol. The quantitative estimate of drug-likeness (QED) is 0.445. The monoisotopic (exact) mass is 505 g/mol. The number of nitrogens with zero attached hydrogens (tertiary/aromatic N) is 4. The van der Waals surface area contributed by atoms with Gasteiger partial charge in [-0.2, -0.15) is 0 Å².